The van der Waals surface area contributed by atoms with Crippen LogP contribution in [0.3, 0.4) is 0 Å². The number of urea groups is 1. The Morgan fingerprint density at radius 3 is 2.70 bits per heavy atom. The molecule has 0 aliphatic carbocycles. The standard InChI is InChI=1S/C12H21N5O3/c1-9(2)8-10(11(18)19)15-12(20)13-4-3-6-17-7-5-14-16-17/h5,7,9-10H,3-4,6,8H2,1-2H3,(H,18,19)(H2,13,15,20)/t10-/m0/s1. The van der Waals surface area contributed by atoms with E-state index >= 15 is 0 Å². The number of nitrogens with one attached hydrogen (secondary N) is 2. The Labute approximate surface area is 117 Å². The number of aryl methyl sites for hydroxylation is 1. The second-order valence-corrected chi connectivity index (χ2v) is 4.94. The second kappa shape index (κ2) is 8.13. The fraction of sp³-hybridized carbons (Fsp3) is 0.667. The van der Waals surface area contributed by atoms with Gasteiger partial charge in [-0.15, -0.1) is 5.10 Å². The zero-order valence-corrected chi connectivity index (χ0v) is 11.7. The molecule has 0 saturated heterocycles. The molecular formula is C12H21N5O3. The summed E-state index contributed by atoms with van der Waals surface area (Å²) in [5.41, 5.74) is 0. The quantitative estimate of drug-likeness (QED) is 0.601. The monoisotopic (exact) mass is 283 g/mol. The number of aromatic nitrogens is 3. The van der Waals surface area contributed by atoms with Crippen LogP contribution in [0.5, 0.6) is 0 Å². The van der Waals surface area contributed by atoms with E-state index in [0.29, 0.717) is 25.9 Å². The molecule has 8 heteroatoms. The van der Waals surface area contributed by atoms with Gasteiger partial charge in [0, 0.05) is 19.3 Å². The van der Waals surface area contributed by atoms with E-state index in [1.807, 2.05) is 13.8 Å². The fourth-order valence-electron chi connectivity index (χ4n) is 1.70. The molecule has 0 spiro atoms. The van der Waals surface area contributed by atoms with Crippen molar-refractivity contribution in [2.24, 2.45) is 5.92 Å². The number of carbonyl (C=O) groups excluding carboxylic acids is 1. The molecule has 1 heterocycles. The van der Waals surface area contributed by atoms with Gasteiger partial charge in [-0.1, -0.05) is 19.1 Å². The molecule has 20 heavy (non-hydrogen) atoms. The molecule has 0 radical (unpaired) electrons. The fourth-order valence-corrected chi connectivity index (χ4v) is 1.70. The minimum atomic E-state index is -1.02. The van der Waals surface area contributed by atoms with E-state index in [1.165, 1.54) is 0 Å². The molecule has 2 amide bonds. The topological polar surface area (TPSA) is 109 Å². The van der Waals surface area contributed by atoms with Crippen LogP contribution in [-0.2, 0) is 11.3 Å². The maximum absolute atomic E-state index is 11.6. The lowest BCUT2D eigenvalue weighted by atomic mass is 10.0. The number of hydrogen-bond donors (Lipinski definition) is 3. The Bertz CT molecular complexity index is 419. The first-order valence-electron chi connectivity index (χ1n) is 6.60. The van der Waals surface area contributed by atoms with Gasteiger partial charge in [0.15, 0.2) is 0 Å². The molecule has 3 N–H and O–H groups in total. The predicted molar refractivity (Wildman–Crippen MR) is 72.1 cm³/mol. The average molecular weight is 283 g/mol. The van der Waals surface area contributed by atoms with E-state index in [2.05, 4.69) is 20.9 Å². The maximum atomic E-state index is 11.6. The van der Waals surface area contributed by atoms with Crippen molar-refractivity contribution >= 4 is 12.0 Å². The van der Waals surface area contributed by atoms with Crippen molar-refractivity contribution < 1.29 is 14.7 Å². The number of carboxylic acids is 1. The number of carbonyl (C=O) groups is 2. The summed E-state index contributed by atoms with van der Waals surface area (Å²) in [6.45, 7) is 4.91. The molecular weight excluding hydrogens is 262 g/mol. The Balaban J connectivity index is 2.22. The molecule has 0 saturated carbocycles. The normalized spacial score (nSPS) is 12.2. The molecule has 0 unspecified atom stereocenters. The van der Waals surface area contributed by atoms with Gasteiger partial charge in [0.25, 0.3) is 0 Å². The van der Waals surface area contributed by atoms with Crippen molar-refractivity contribution in [1.29, 1.82) is 0 Å². The molecule has 1 atom stereocenters. The molecule has 0 bridgehead atoms. The lowest BCUT2D eigenvalue weighted by Gasteiger charge is -2.16. The van der Waals surface area contributed by atoms with Crippen LogP contribution in [-0.4, -0.2) is 44.7 Å². The van der Waals surface area contributed by atoms with Crippen molar-refractivity contribution in [1.82, 2.24) is 25.6 Å². The highest BCUT2D eigenvalue weighted by Crippen LogP contribution is 2.04. The summed E-state index contributed by atoms with van der Waals surface area (Å²) in [5, 5.41) is 21.6. The Kier molecular flexibility index (Phi) is 6.48. The third-order valence-corrected chi connectivity index (χ3v) is 2.63. The molecule has 0 aliphatic heterocycles. The van der Waals surface area contributed by atoms with Gasteiger partial charge in [0.1, 0.15) is 6.04 Å². The van der Waals surface area contributed by atoms with Gasteiger partial charge in [0.05, 0.1) is 6.20 Å². The van der Waals surface area contributed by atoms with Crippen molar-refractivity contribution in [2.75, 3.05) is 6.54 Å². The first-order chi connectivity index (χ1) is 9.49. The average Bonchev–Trinajstić information content (AvgIpc) is 2.86. The molecule has 1 rings (SSSR count). The van der Waals surface area contributed by atoms with E-state index in [9.17, 15) is 9.59 Å². The highest BCUT2D eigenvalue weighted by atomic mass is 16.4. The molecule has 1 aromatic rings. The van der Waals surface area contributed by atoms with Crippen molar-refractivity contribution in [2.45, 2.75) is 39.3 Å². The third-order valence-electron chi connectivity index (χ3n) is 2.63. The second-order valence-electron chi connectivity index (χ2n) is 4.94. The van der Waals surface area contributed by atoms with E-state index in [-0.39, 0.29) is 5.92 Å². The summed E-state index contributed by atoms with van der Waals surface area (Å²) in [6.07, 6.45) is 4.42. The maximum Gasteiger partial charge on any atom is 0.326 e. The van der Waals surface area contributed by atoms with Crippen molar-refractivity contribution in [3.05, 3.63) is 12.4 Å². The number of aliphatic carboxylic acids is 1. The number of rotatable bonds is 8. The molecule has 8 nitrogen and oxygen atoms in total. The van der Waals surface area contributed by atoms with Gasteiger partial charge < -0.3 is 15.7 Å². The molecule has 1 aromatic heterocycles. The summed E-state index contributed by atoms with van der Waals surface area (Å²) in [4.78, 5) is 22.6. The van der Waals surface area contributed by atoms with Crippen LogP contribution in [0.2, 0.25) is 0 Å². The zero-order valence-electron chi connectivity index (χ0n) is 11.7. The highest BCUT2D eigenvalue weighted by Gasteiger charge is 2.20. The Hall–Kier alpha value is -2.12. The van der Waals surface area contributed by atoms with Gasteiger partial charge in [0.2, 0.25) is 0 Å². The number of nitrogens with zero attached hydrogens (tertiary/aromatic N) is 3. The summed E-state index contributed by atoms with van der Waals surface area (Å²) in [5.74, 6) is -0.819. The molecule has 112 valence electrons. The molecule has 0 aromatic carbocycles. The van der Waals surface area contributed by atoms with E-state index in [1.54, 1.807) is 17.1 Å². The van der Waals surface area contributed by atoms with Crippen LogP contribution >= 0.6 is 0 Å². The van der Waals surface area contributed by atoms with Gasteiger partial charge in [-0.2, -0.15) is 0 Å². The van der Waals surface area contributed by atoms with Crippen LogP contribution in [0.25, 0.3) is 0 Å². The van der Waals surface area contributed by atoms with Gasteiger partial charge in [-0.05, 0) is 18.8 Å². The summed E-state index contributed by atoms with van der Waals surface area (Å²) >= 11 is 0. The van der Waals surface area contributed by atoms with Gasteiger partial charge in [-0.3, -0.25) is 4.68 Å². The number of carboxylic acid groups (broad SMARTS) is 1. The minimum Gasteiger partial charge on any atom is -0.480 e. The minimum absolute atomic E-state index is 0.198. The number of hydrogen-bond acceptors (Lipinski definition) is 4. The largest absolute Gasteiger partial charge is 0.480 e. The Morgan fingerprint density at radius 1 is 1.40 bits per heavy atom. The molecule has 0 aliphatic rings. The zero-order chi connectivity index (χ0) is 15.0. The SMILES string of the molecule is CC(C)C[C@H](NC(=O)NCCCn1ccnn1)C(=O)O. The van der Waals surface area contributed by atoms with Gasteiger partial charge in [-0.25, -0.2) is 9.59 Å². The summed E-state index contributed by atoms with van der Waals surface area (Å²) in [7, 11) is 0. The van der Waals surface area contributed by atoms with Crippen molar-refractivity contribution in [3.8, 4) is 0 Å². The predicted octanol–water partition coefficient (Wildman–Crippen LogP) is 0.467. The van der Waals surface area contributed by atoms with E-state index in [0.717, 1.165) is 0 Å². The first-order valence-corrected chi connectivity index (χ1v) is 6.60. The van der Waals surface area contributed by atoms with Crippen LogP contribution < -0.4 is 10.6 Å². The molecule has 0 fully saturated rings. The third kappa shape index (κ3) is 6.17. The first kappa shape index (κ1) is 15.9. The highest BCUT2D eigenvalue weighted by molar-refractivity contribution is 5.82. The lowest BCUT2D eigenvalue weighted by Crippen LogP contribution is -2.46. The van der Waals surface area contributed by atoms with Crippen LogP contribution in [0.1, 0.15) is 26.7 Å². The number of amides is 2. The van der Waals surface area contributed by atoms with Gasteiger partial charge >= 0.3 is 12.0 Å². The summed E-state index contributed by atoms with van der Waals surface area (Å²) < 4.78 is 1.67. The summed E-state index contributed by atoms with van der Waals surface area (Å²) in [6, 6.07) is -1.32. The van der Waals surface area contributed by atoms with E-state index < -0.39 is 18.0 Å². The Morgan fingerprint density at radius 2 is 2.15 bits per heavy atom. The lowest BCUT2D eigenvalue weighted by molar-refractivity contribution is -0.139. The van der Waals surface area contributed by atoms with E-state index in [4.69, 9.17) is 5.11 Å². The van der Waals surface area contributed by atoms with Crippen LogP contribution in [0.15, 0.2) is 12.4 Å². The van der Waals surface area contributed by atoms with Crippen molar-refractivity contribution in [3.63, 3.8) is 0 Å². The smallest absolute Gasteiger partial charge is 0.326 e. The van der Waals surface area contributed by atoms with Crippen LogP contribution in [0.4, 0.5) is 4.79 Å². The van der Waals surface area contributed by atoms with Crippen LogP contribution in [0, 0.1) is 5.92 Å².